The lowest BCUT2D eigenvalue weighted by atomic mass is 10.1. The first-order valence-electron chi connectivity index (χ1n) is 7.84. The minimum Gasteiger partial charge on any atom is -0.354 e. The van der Waals surface area contributed by atoms with E-state index in [1.165, 1.54) is 12.1 Å². The van der Waals surface area contributed by atoms with Gasteiger partial charge in [0.15, 0.2) is 0 Å². The fourth-order valence-electron chi connectivity index (χ4n) is 2.41. The van der Waals surface area contributed by atoms with E-state index in [4.69, 9.17) is 0 Å². The van der Waals surface area contributed by atoms with E-state index >= 15 is 0 Å². The van der Waals surface area contributed by atoms with Gasteiger partial charge in [0, 0.05) is 18.7 Å². The van der Waals surface area contributed by atoms with Gasteiger partial charge in [-0.05, 0) is 35.9 Å². The third-order valence-electron chi connectivity index (χ3n) is 3.69. The third kappa shape index (κ3) is 4.41. The van der Waals surface area contributed by atoms with Crippen molar-refractivity contribution in [2.75, 3.05) is 13.1 Å². The van der Waals surface area contributed by atoms with E-state index in [0.29, 0.717) is 18.7 Å². The number of nitrogens with one attached hydrogen (secondary N) is 3. The minimum absolute atomic E-state index is 0.171. The molecule has 2 amide bonds. The Labute approximate surface area is 143 Å². The molecule has 1 heterocycles. The van der Waals surface area contributed by atoms with Gasteiger partial charge in [0.1, 0.15) is 5.82 Å². The van der Waals surface area contributed by atoms with Crippen molar-refractivity contribution in [1.29, 1.82) is 0 Å². The standard InChI is InChI=1S/C18H17FN4O2/c19-14-4-1-12(2-5-14)9-17(24)20-7-8-21-18(25)13-3-6-15-16(10-13)23-11-22-15/h1-6,10-11H,7-9H2,(H,20,24)(H,21,25)(H,22,23). The molecule has 0 unspecified atom stereocenters. The van der Waals surface area contributed by atoms with E-state index in [2.05, 4.69) is 20.6 Å². The molecule has 0 bridgehead atoms. The van der Waals surface area contributed by atoms with Crippen LogP contribution >= 0.6 is 0 Å². The van der Waals surface area contributed by atoms with Gasteiger partial charge in [-0.2, -0.15) is 0 Å². The Hall–Kier alpha value is -3.22. The SMILES string of the molecule is O=C(Cc1ccc(F)cc1)NCCNC(=O)c1ccc2nc[nH]c2c1. The molecule has 0 aliphatic carbocycles. The lowest BCUT2D eigenvalue weighted by molar-refractivity contribution is -0.120. The maximum Gasteiger partial charge on any atom is 0.251 e. The van der Waals surface area contributed by atoms with Crippen LogP contribution in [0.4, 0.5) is 4.39 Å². The molecule has 25 heavy (non-hydrogen) atoms. The molecule has 128 valence electrons. The van der Waals surface area contributed by atoms with Crippen LogP contribution in [0.3, 0.4) is 0 Å². The van der Waals surface area contributed by atoms with Crippen LogP contribution < -0.4 is 10.6 Å². The molecule has 0 saturated heterocycles. The topological polar surface area (TPSA) is 86.9 Å². The second-order valence-corrected chi connectivity index (χ2v) is 5.54. The van der Waals surface area contributed by atoms with Crippen LogP contribution in [0.5, 0.6) is 0 Å². The van der Waals surface area contributed by atoms with Crippen molar-refractivity contribution in [3.8, 4) is 0 Å². The summed E-state index contributed by atoms with van der Waals surface area (Å²) in [6, 6.07) is 11.0. The fourth-order valence-corrected chi connectivity index (χ4v) is 2.41. The molecule has 1 aromatic heterocycles. The Balaban J connectivity index is 1.42. The summed E-state index contributed by atoms with van der Waals surface area (Å²) >= 11 is 0. The maximum absolute atomic E-state index is 12.8. The van der Waals surface area contributed by atoms with E-state index in [1.54, 1.807) is 36.7 Å². The van der Waals surface area contributed by atoms with Gasteiger partial charge in [-0.3, -0.25) is 9.59 Å². The molecule has 0 aliphatic rings. The first kappa shape index (κ1) is 16.6. The molecule has 0 fully saturated rings. The summed E-state index contributed by atoms with van der Waals surface area (Å²) in [5.41, 5.74) is 2.84. The number of nitrogens with zero attached hydrogens (tertiary/aromatic N) is 1. The lowest BCUT2D eigenvalue weighted by Gasteiger charge is -2.07. The van der Waals surface area contributed by atoms with Crippen LogP contribution in [0.1, 0.15) is 15.9 Å². The van der Waals surface area contributed by atoms with Crippen LogP contribution in [-0.2, 0) is 11.2 Å². The summed E-state index contributed by atoms with van der Waals surface area (Å²) in [7, 11) is 0. The normalized spacial score (nSPS) is 10.6. The van der Waals surface area contributed by atoms with Gasteiger partial charge >= 0.3 is 0 Å². The summed E-state index contributed by atoms with van der Waals surface area (Å²) in [4.78, 5) is 30.9. The van der Waals surface area contributed by atoms with E-state index in [-0.39, 0.29) is 24.1 Å². The minimum atomic E-state index is -0.333. The number of hydrogen-bond donors (Lipinski definition) is 3. The highest BCUT2D eigenvalue weighted by atomic mass is 19.1. The predicted octanol–water partition coefficient (Wildman–Crippen LogP) is 1.79. The van der Waals surface area contributed by atoms with E-state index in [1.807, 2.05) is 0 Å². The number of fused-ring (bicyclic) bond motifs is 1. The van der Waals surface area contributed by atoms with Crippen molar-refractivity contribution in [3.05, 3.63) is 65.7 Å². The number of carbonyl (C=O) groups excluding carboxylic acids is 2. The largest absolute Gasteiger partial charge is 0.354 e. The highest BCUT2D eigenvalue weighted by molar-refractivity contribution is 5.97. The quantitative estimate of drug-likeness (QED) is 0.598. The summed E-state index contributed by atoms with van der Waals surface area (Å²) in [6.07, 6.45) is 1.74. The van der Waals surface area contributed by atoms with E-state index in [0.717, 1.165) is 16.6 Å². The number of benzene rings is 2. The third-order valence-corrected chi connectivity index (χ3v) is 3.69. The van der Waals surface area contributed by atoms with Crippen molar-refractivity contribution in [2.24, 2.45) is 0 Å². The summed E-state index contributed by atoms with van der Waals surface area (Å²) < 4.78 is 12.8. The summed E-state index contributed by atoms with van der Waals surface area (Å²) in [5, 5.41) is 5.46. The Kier molecular flexibility index (Phi) is 5.03. The number of aromatic amines is 1. The number of imidazole rings is 1. The second kappa shape index (κ2) is 7.57. The van der Waals surface area contributed by atoms with Crippen molar-refractivity contribution in [1.82, 2.24) is 20.6 Å². The monoisotopic (exact) mass is 340 g/mol. The first-order chi connectivity index (χ1) is 12.1. The lowest BCUT2D eigenvalue weighted by Crippen LogP contribution is -2.35. The van der Waals surface area contributed by atoms with Gasteiger partial charge in [0.25, 0.3) is 5.91 Å². The molecular formula is C18H17FN4O2. The maximum atomic E-state index is 12.8. The molecule has 0 radical (unpaired) electrons. The van der Waals surface area contributed by atoms with Gasteiger partial charge in [-0.1, -0.05) is 12.1 Å². The van der Waals surface area contributed by atoms with Crippen LogP contribution in [0.15, 0.2) is 48.8 Å². The van der Waals surface area contributed by atoms with Crippen molar-refractivity contribution in [2.45, 2.75) is 6.42 Å². The Morgan fingerprint density at radius 2 is 1.80 bits per heavy atom. The smallest absolute Gasteiger partial charge is 0.251 e. The number of H-pyrrole nitrogens is 1. The zero-order valence-electron chi connectivity index (χ0n) is 13.4. The first-order valence-corrected chi connectivity index (χ1v) is 7.84. The molecule has 0 saturated carbocycles. The van der Waals surface area contributed by atoms with Gasteiger partial charge in [0.05, 0.1) is 23.8 Å². The average molecular weight is 340 g/mol. The highest BCUT2D eigenvalue weighted by Gasteiger charge is 2.07. The molecule has 0 aliphatic heterocycles. The van der Waals surface area contributed by atoms with Crippen molar-refractivity contribution < 1.29 is 14.0 Å². The number of hydrogen-bond acceptors (Lipinski definition) is 3. The second-order valence-electron chi connectivity index (χ2n) is 5.54. The molecule has 3 rings (SSSR count). The van der Waals surface area contributed by atoms with Crippen molar-refractivity contribution >= 4 is 22.8 Å². The molecule has 2 aromatic carbocycles. The molecule has 6 nitrogen and oxygen atoms in total. The summed E-state index contributed by atoms with van der Waals surface area (Å²) in [5.74, 6) is -0.732. The zero-order chi connectivity index (χ0) is 17.6. The number of halogens is 1. The molecule has 3 N–H and O–H groups in total. The number of carbonyl (C=O) groups is 2. The van der Waals surface area contributed by atoms with Gasteiger partial charge in [-0.15, -0.1) is 0 Å². The molecular weight excluding hydrogens is 323 g/mol. The Morgan fingerprint density at radius 1 is 1.04 bits per heavy atom. The van der Waals surface area contributed by atoms with Gasteiger partial charge in [-0.25, -0.2) is 9.37 Å². The van der Waals surface area contributed by atoms with Crippen LogP contribution in [0, 0.1) is 5.82 Å². The van der Waals surface area contributed by atoms with Crippen molar-refractivity contribution in [3.63, 3.8) is 0 Å². The summed E-state index contributed by atoms with van der Waals surface area (Å²) in [6.45, 7) is 0.632. The Bertz CT molecular complexity index is 889. The van der Waals surface area contributed by atoms with E-state index < -0.39 is 0 Å². The van der Waals surface area contributed by atoms with Crippen LogP contribution in [-0.4, -0.2) is 34.9 Å². The van der Waals surface area contributed by atoms with Crippen LogP contribution in [0.2, 0.25) is 0 Å². The Morgan fingerprint density at radius 3 is 2.60 bits per heavy atom. The number of aromatic nitrogens is 2. The zero-order valence-corrected chi connectivity index (χ0v) is 13.4. The highest BCUT2D eigenvalue weighted by Crippen LogP contribution is 2.11. The molecule has 0 spiro atoms. The molecule has 0 atom stereocenters. The fraction of sp³-hybridized carbons (Fsp3) is 0.167. The van der Waals surface area contributed by atoms with Crippen LogP contribution in [0.25, 0.3) is 11.0 Å². The number of rotatable bonds is 6. The molecule has 7 heteroatoms. The van der Waals surface area contributed by atoms with E-state index in [9.17, 15) is 14.0 Å². The number of amides is 2. The molecule has 3 aromatic rings. The van der Waals surface area contributed by atoms with Gasteiger partial charge in [0.2, 0.25) is 5.91 Å². The predicted molar refractivity (Wildman–Crippen MR) is 91.5 cm³/mol. The van der Waals surface area contributed by atoms with Gasteiger partial charge < -0.3 is 15.6 Å². The average Bonchev–Trinajstić information content (AvgIpc) is 3.08.